The average Bonchev–Trinajstić information content (AvgIpc) is 2.97. The van der Waals surface area contributed by atoms with Crippen molar-refractivity contribution in [1.29, 1.82) is 0 Å². The Kier molecular flexibility index (Phi) is 3.08. The van der Waals surface area contributed by atoms with Gasteiger partial charge in [-0.1, -0.05) is 36.0 Å². The molecule has 0 aromatic heterocycles. The van der Waals surface area contributed by atoms with E-state index in [-0.39, 0.29) is 6.17 Å². The van der Waals surface area contributed by atoms with Crippen LogP contribution >= 0.6 is 12.2 Å². The molecule has 2 atom stereocenters. The van der Waals surface area contributed by atoms with Gasteiger partial charge in [-0.05, 0) is 43.2 Å². The Morgan fingerprint density at radius 3 is 3.11 bits per heavy atom. The zero-order valence-corrected chi connectivity index (χ0v) is 11.4. The summed E-state index contributed by atoms with van der Waals surface area (Å²) in [5, 5.41) is 8.37. The first-order valence-electron chi connectivity index (χ1n) is 6.52. The predicted octanol–water partition coefficient (Wildman–Crippen LogP) is 2.77. The van der Waals surface area contributed by atoms with E-state index < -0.39 is 0 Å². The zero-order chi connectivity index (χ0) is 12.5. The van der Waals surface area contributed by atoms with E-state index in [1.165, 1.54) is 29.7 Å². The molecular weight excluding hydrogens is 240 g/mol. The minimum absolute atomic E-state index is 0.133. The Balaban J connectivity index is 1.73. The van der Waals surface area contributed by atoms with Crippen molar-refractivity contribution in [3.63, 3.8) is 0 Å². The van der Waals surface area contributed by atoms with Gasteiger partial charge in [0.2, 0.25) is 0 Å². The van der Waals surface area contributed by atoms with E-state index in [2.05, 4.69) is 42.0 Å². The summed E-state index contributed by atoms with van der Waals surface area (Å²) in [6, 6.07) is 6.86. The maximum absolute atomic E-state index is 4.94. The first-order chi connectivity index (χ1) is 8.76. The van der Waals surface area contributed by atoms with Gasteiger partial charge in [-0.15, -0.1) is 0 Å². The van der Waals surface area contributed by atoms with Crippen molar-refractivity contribution in [2.24, 2.45) is 0 Å². The van der Waals surface area contributed by atoms with Gasteiger partial charge < -0.3 is 10.6 Å². The fraction of sp³-hybridized carbons (Fsp3) is 0.400. The Labute approximate surface area is 113 Å². The van der Waals surface area contributed by atoms with Gasteiger partial charge in [-0.2, -0.15) is 0 Å². The summed E-state index contributed by atoms with van der Waals surface area (Å²) in [6.07, 6.45) is 5.77. The molecule has 3 heteroatoms. The Morgan fingerprint density at radius 2 is 2.33 bits per heavy atom. The predicted molar refractivity (Wildman–Crippen MR) is 78.7 cm³/mol. The zero-order valence-electron chi connectivity index (χ0n) is 10.6. The molecule has 94 valence electrons. The molecule has 0 amide bonds. The second-order valence-electron chi connectivity index (χ2n) is 5.24. The number of allylic oxidation sites excluding steroid dienone is 1. The average molecular weight is 258 g/mol. The maximum atomic E-state index is 4.94. The fourth-order valence-corrected chi connectivity index (χ4v) is 3.10. The topological polar surface area (TPSA) is 24.1 Å². The van der Waals surface area contributed by atoms with Crippen molar-refractivity contribution >= 4 is 17.6 Å². The van der Waals surface area contributed by atoms with Crippen LogP contribution in [0, 0.1) is 6.92 Å². The highest BCUT2D eigenvalue weighted by atomic mass is 32.1. The Morgan fingerprint density at radius 1 is 1.44 bits per heavy atom. The van der Waals surface area contributed by atoms with E-state index in [9.17, 15) is 0 Å². The number of hydrogen-bond acceptors (Lipinski definition) is 3. The van der Waals surface area contributed by atoms with Crippen molar-refractivity contribution in [2.75, 3.05) is 0 Å². The second-order valence-corrected chi connectivity index (χ2v) is 5.51. The summed E-state index contributed by atoms with van der Waals surface area (Å²) >= 11 is 4.94. The molecule has 0 spiro atoms. The number of thiocarbonyl (C=S) groups is 1. The molecule has 1 aromatic carbocycles. The number of fused-ring (bicyclic) bond motifs is 1. The normalized spacial score (nSPS) is 25.1. The van der Waals surface area contributed by atoms with E-state index >= 15 is 0 Å². The third kappa shape index (κ3) is 2.15. The van der Waals surface area contributed by atoms with Gasteiger partial charge >= 0.3 is 0 Å². The Hall–Kier alpha value is -1.35. The van der Waals surface area contributed by atoms with Gasteiger partial charge in [-0.3, -0.25) is 0 Å². The van der Waals surface area contributed by atoms with Gasteiger partial charge in [0.25, 0.3) is 0 Å². The molecule has 0 saturated carbocycles. The van der Waals surface area contributed by atoms with E-state index in [0.717, 1.165) is 6.42 Å². The van der Waals surface area contributed by atoms with Gasteiger partial charge in [0, 0.05) is 17.3 Å². The summed E-state index contributed by atoms with van der Waals surface area (Å²) in [7, 11) is 0. The minimum Gasteiger partial charge on any atom is -0.366 e. The van der Waals surface area contributed by atoms with Crippen LogP contribution in [0.4, 0.5) is 0 Å². The molecule has 3 rings (SSSR count). The molecule has 0 radical (unpaired) electrons. The fourth-order valence-electron chi connectivity index (χ4n) is 2.95. The molecule has 0 bridgehead atoms. The highest BCUT2D eigenvalue weighted by Gasteiger charge is 2.25. The lowest BCUT2D eigenvalue weighted by Gasteiger charge is -2.14. The molecule has 1 aromatic rings. The first-order valence-corrected chi connectivity index (χ1v) is 7.00. The molecule has 1 aliphatic carbocycles. The van der Waals surface area contributed by atoms with E-state index in [4.69, 9.17) is 12.2 Å². The summed E-state index contributed by atoms with van der Waals surface area (Å²) in [5.74, 6) is 0.657. The van der Waals surface area contributed by atoms with Crippen LogP contribution in [0.15, 0.2) is 30.1 Å². The third-order valence-corrected chi connectivity index (χ3v) is 4.16. The van der Waals surface area contributed by atoms with Crippen LogP contribution in [-0.4, -0.2) is 11.5 Å². The van der Waals surface area contributed by atoms with E-state index in [1.807, 2.05) is 0 Å². The summed E-state index contributed by atoms with van der Waals surface area (Å²) in [5.41, 5.74) is 5.72. The van der Waals surface area contributed by atoms with Crippen LogP contribution in [-0.2, 0) is 6.42 Å². The van der Waals surface area contributed by atoms with Gasteiger partial charge in [0.15, 0.2) is 0 Å². The monoisotopic (exact) mass is 258 g/mol. The van der Waals surface area contributed by atoms with Gasteiger partial charge in [0.1, 0.15) is 6.17 Å². The van der Waals surface area contributed by atoms with Crippen LogP contribution in [0.5, 0.6) is 0 Å². The SMILES string of the molecule is Cc1ccc2c(c1)C(CC1=CNC(C=S)N1)CC2. The second kappa shape index (κ2) is 4.73. The standard InChI is InChI=1S/C15H18N2S/c1-10-2-3-11-4-5-12(14(11)6-10)7-13-8-16-15(9-18)17-13/h2-3,6,8-9,12,15-17H,4-5,7H2,1H3. The highest BCUT2D eigenvalue weighted by molar-refractivity contribution is 7.79. The smallest absolute Gasteiger partial charge is 0.126 e. The quantitative estimate of drug-likeness (QED) is 0.815. The van der Waals surface area contributed by atoms with Crippen molar-refractivity contribution in [1.82, 2.24) is 10.6 Å². The molecule has 18 heavy (non-hydrogen) atoms. The van der Waals surface area contributed by atoms with Crippen LogP contribution in [0.2, 0.25) is 0 Å². The number of rotatable bonds is 3. The molecule has 2 aliphatic rings. The Bertz CT molecular complexity index is 507. The third-order valence-electron chi connectivity index (χ3n) is 3.88. The lowest BCUT2D eigenvalue weighted by atomic mass is 9.95. The van der Waals surface area contributed by atoms with Crippen molar-refractivity contribution in [3.05, 3.63) is 46.8 Å². The molecule has 0 fully saturated rings. The van der Waals surface area contributed by atoms with Gasteiger partial charge in [0.05, 0.1) is 0 Å². The van der Waals surface area contributed by atoms with Crippen molar-refractivity contribution in [3.8, 4) is 0 Å². The van der Waals surface area contributed by atoms with Gasteiger partial charge in [-0.25, -0.2) is 0 Å². The van der Waals surface area contributed by atoms with Crippen molar-refractivity contribution < 1.29 is 0 Å². The van der Waals surface area contributed by atoms with Crippen LogP contribution in [0.1, 0.15) is 35.4 Å². The number of nitrogens with one attached hydrogen (secondary N) is 2. The highest BCUT2D eigenvalue weighted by Crippen LogP contribution is 2.37. The lowest BCUT2D eigenvalue weighted by molar-refractivity contribution is 0.627. The van der Waals surface area contributed by atoms with Crippen molar-refractivity contribution in [2.45, 2.75) is 38.3 Å². The lowest BCUT2D eigenvalue weighted by Crippen LogP contribution is -2.32. The molecule has 1 heterocycles. The number of aryl methyl sites for hydroxylation is 2. The van der Waals surface area contributed by atoms with Crippen LogP contribution < -0.4 is 10.6 Å². The first kappa shape index (κ1) is 11.7. The molecule has 1 aliphatic heterocycles. The number of hydrogen-bond donors (Lipinski definition) is 2. The maximum Gasteiger partial charge on any atom is 0.126 e. The minimum atomic E-state index is 0.133. The molecule has 2 nitrogen and oxygen atoms in total. The summed E-state index contributed by atoms with van der Waals surface area (Å²) in [4.78, 5) is 0. The molecule has 0 saturated heterocycles. The van der Waals surface area contributed by atoms with Crippen LogP contribution in [0.25, 0.3) is 0 Å². The van der Waals surface area contributed by atoms with Crippen LogP contribution in [0.3, 0.4) is 0 Å². The molecular formula is C15H18N2S. The summed E-state index contributed by atoms with van der Waals surface area (Å²) in [6.45, 7) is 2.17. The van der Waals surface area contributed by atoms with E-state index in [0.29, 0.717) is 5.92 Å². The summed E-state index contributed by atoms with van der Waals surface area (Å²) < 4.78 is 0. The molecule has 2 N–H and O–H groups in total. The largest absolute Gasteiger partial charge is 0.366 e. The van der Waals surface area contributed by atoms with E-state index in [1.54, 1.807) is 10.9 Å². The number of benzene rings is 1. The molecule has 2 unspecified atom stereocenters.